The standard InChI is InChI=1S/C22H16F4N4O2/c1-31-18-9-15(32-12-14-3-2-8-27-20(14)22(24,25)26)5-6-16(18)17-11-29-21(30-17)13-4-7-19(23)28-10-13/h2-11H,12H2,1H3,(H,29,30). The first-order valence-electron chi connectivity index (χ1n) is 9.34. The Bertz CT molecular complexity index is 1220. The van der Waals surface area contributed by atoms with Crippen molar-refractivity contribution >= 4 is 0 Å². The molecule has 164 valence electrons. The van der Waals surface area contributed by atoms with Crippen molar-refractivity contribution in [2.24, 2.45) is 0 Å². The molecule has 0 aliphatic rings. The zero-order chi connectivity index (χ0) is 22.7. The van der Waals surface area contributed by atoms with E-state index >= 15 is 0 Å². The highest BCUT2D eigenvalue weighted by Gasteiger charge is 2.35. The van der Waals surface area contributed by atoms with Crippen LogP contribution in [-0.2, 0) is 12.8 Å². The van der Waals surface area contributed by atoms with Gasteiger partial charge in [0.05, 0.1) is 19.0 Å². The number of aromatic nitrogens is 4. The summed E-state index contributed by atoms with van der Waals surface area (Å²) in [5.74, 6) is 0.653. The normalized spacial score (nSPS) is 11.4. The molecule has 10 heteroatoms. The third-order valence-corrected chi connectivity index (χ3v) is 4.59. The van der Waals surface area contributed by atoms with E-state index in [1.807, 2.05) is 0 Å². The van der Waals surface area contributed by atoms with Crippen LogP contribution >= 0.6 is 0 Å². The molecule has 1 aromatic carbocycles. The highest BCUT2D eigenvalue weighted by molar-refractivity contribution is 5.70. The molecule has 0 bridgehead atoms. The molecule has 4 rings (SSSR count). The van der Waals surface area contributed by atoms with Gasteiger partial charge >= 0.3 is 6.18 Å². The van der Waals surface area contributed by atoms with Gasteiger partial charge in [-0.25, -0.2) is 9.97 Å². The Labute approximate surface area is 179 Å². The van der Waals surface area contributed by atoms with Crippen molar-refractivity contribution in [3.63, 3.8) is 0 Å². The maximum atomic E-state index is 13.1. The maximum absolute atomic E-state index is 13.1. The summed E-state index contributed by atoms with van der Waals surface area (Å²) in [6, 6.07) is 10.4. The molecule has 0 atom stereocenters. The Kier molecular flexibility index (Phi) is 5.76. The highest BCUT2D eigenvalue weighted by atomic mass is 19.4. The van der Waals surface area contributed by atoms with Gasteiger partial charge in [0.2, 0.25) is 5.95 Å². The number of aromatic amines is 1. The van der Waals surface area contributed by atoms with Crippen LogP contribution in [0.25, 0.3) is 22.6 Å². The van der Waals surface area contributed by atoms with Crippen LogP contribution in [0.2, 0.25) is 0 Å². The minimum absolute atomic E-state index is 0.0749. The van der Waals surface area contributed by atoms with Gasteiger partial charge in [-0.2, -0.15) is 17.6 Å². The van der Waals surface area contributed by atoms with Gasteiger partial charge in [0.25, 0.3) is 0 Å². The van der Waals surface area contributed by atoms with Crippen LogP contribution in [0.5, 0.6) is 11.5 Å². The van der Waals surface area contributed by atoms with Gasteiger partial charge in [-0.15, -0.1) is 0 Å². The predicted molar refractivity (Wildman–Crippen MR) is 107 cm³/mol. The molecule has 0 radical (unpaired) electrons. The lowest BCUT2D eigenvalue weighted by molar-refractivity contribution is -0.142. The van der Waals surface area contributed by atoms with Gasteiger partial charge in [0.1, 0.15) is 23.9 Å². The second kappa shape index (κ2) is 8.66. The number of ether oxygens (including phenoxy) is 2. The number of alkyl halides is 3. The van der Waals surface area contributed by atoms with Gasteiger partial charge in [-0.05, 0) is 30.3 Å². The summed E-state index contributed by atoms with van der Waals surface area (Å²) in [5.41, 5.74) is 0.830. The Morgan fingerprint density at radius 2 is 1.84 bits per heavy atom. The number of rotatable bonds is 6. The van der Waals surface area contributed by atoms with Crippen LogP contribution in [-0.4, -0.2) is 27.0 Å². The van der Waals surface area contributed by atoms with E-state index in [0.717, 1.165) is 6.20 Å². The maximum Gasteiger partial charge on any atom is 0.433 e. The number of H-pyrrole nitrogens is 1. The lowest BCUT2D eigenvalue weighted by Gasteiger charge is -2.14. The van der Waals surface area contributed by atoms with E-state index in [4.69, 9.17) is 9.47 Å². The fourth-order valence-corrected chi connectivity index (χ4v) is 3.08. The second-order valence-corrected chi connectivity index (χ2v) is 6.67. The molecule has 0 aliphatic heterocycles. The van der Waals surface area contributed by atoms with Crippen LogP contribution in [0.15, 0.2) is 61.1 Å². The zero-order valence-corrected chi connectivity index (χ0v) is 16.7. The number of nitrogens with zero attached hydrogens (tertiary/aromatic N) is 3. The molecule has 3 aromatic heterocycles. The smallest absolute Gasteiger partial charge is 0.433 e. The summed E-state index contributed by atoms with van der Waals surface area (Å²) in [6.07, 6.45) is -0.535. The number of halogens is 4. The average molecular weight is 444 g/mol. The highest BCUT2D eigenvalue weighted by Crippen LogP contribution is 2.34. The van der Waals surface area contributed by atoms with Crippen molar-refractivity contribution in [2.45, 2.75) is 12.8 Å². The Morgan fingerprint density at radius 3 is 2.56 bits per heavy atom. The van der Waals surface area contributed by atoms with Crippen molar-refractivity contribution < 1.29 is 27.0 Å². The largest absolute Gasteiger partial charge is 0.496 e. The van der Waals surface area contributed by atoms with E-state index in [2.05, 4.69) is 19.9 Å². The van der Waals surface area contributed by atoms with Crippen LogP contribution in [0.1, 0.15) is 11.3 Å². The quantitative estimate of drug-likeness (QED) is 0.324. The Morgan fingerprint density at radius 1 is 1.00 bits per heavy atom. The molecule has 0 saturated heterocycles. The van der Waals surface area contributed by atoms with Crippen LogP contribution < -0.4 is 9.47 Å². The first-order valence-corrected chi connectivity index (χ1v) is 9.34. The number of methoxy groups -OCH3 is 1. The summed E-state index contributed by atoms with van der Waals surface area (Å²) in [7, 11) is 1.46. The molecular weight excluding hydrogens is 428 g/mol. The second-order valence-electron chi connectivity index (χ2n) is 6.67. The molecule has 0 aliphatic carbocycles. The van der Waals surface area contributed by atoms with E-state index < -0.39 is 17.8 Å². The Balaban J connectivity index is 1.55. The number of benzene rings is 1. The summed E-state index contributed by atoms with van der Waals surface area (Å²) >= 11 is 0. The fourth-order valence-electron chi connectivity index (χ4n) is 3.08. The summed E-state index contributed by atoms with van der Waals surface area (Å²) < 4.78 is 63.3. The van der Waals surface area contributed by atoms with Crippen LogP contribution in [0.4, 0.5) is 17.6 Å². The summed E-state index contributed by atoms with van der Waals surface area (Å²) in [6.45, 7) is -0.309. The lowest BCUT2D eigenvalue weighted by atomic mass is 10.1. The molecule has 0 amide bonds. The van der Waals surface area contributed by atoms with Crippen LogP contribution in [0, 0.1) is 5.95 Å². The minimum Gasteiger partial charge on any atom is -0.496 e. The molecule has 32 heavy (non-hydrogen) atoms. The van der Waals surface area contributed by atoms with E-state index in [-0.39, 0.29) is 12.2 Å². The molecule has 6 nitrogen and oxygen atoms in total. The van der Waals surface area contributed by atoms with Gasteiger partial charge in [0.15, 0.2) is 5.69 Å². The number of nitrogens with one attached hydrogen (secondary N) is 1. The van der Waals surface area contributed by atoms with Gasteiger partial charge in [0, 0.05) is 35.2 Å². The number of hydrogen-bond acceptors (Lipinski definition) is 5. The molecule has 0 saturated carbocycles. The molecule has 3 heterocycles. The van der Waals surface area contributed by atoms with E-state index in [1.54, 1.807) is 30.5 Å². The van der Waals surface area contributed by atoms with Crippen molar-refractivity contribution in [2.75, 3.05) is 7.11 Å². The number of imidazole rings is 1. The molecule has 0 unspecified atom stereocenters. The molecule has 1 N–H and O–H groups in total. The van der Waals surface area contributed by atoms with E-state index in [0.29, 0.717) is 34.1 Å². The minimum atomic E-state index is -4.57. The molecular formula is C22H16F4N4O2. The van der Waals surface area contributed by atoms with E-state index in [1.165, 1.54) is 31.5 Å². The summed E-state index contributed by atoms with van der Waals surface area (Å²) in [5, 5.41) is 0. The third-order valence-electron chi connectivity index (χ3n) is 4.59. The average Bonchev–Trinajstić information content (AvgIpc) is 3.27. The lowest BCUT2D eigenvalue weighted by Crippen LogP contribution is -2.13. The van der Waals surface area contributed by atoms with Crippen LogP contribution in [0.3, 0.4) is 0 Å². The van der Waals surface area contributed by atoms with Crippen molar-refractivity contribution in [1.29, 1.82) is 0 Å². The van der Waals surface area contributed by atoms with Crippen molar-refractivity contribution in [1.82, 2.24) is 19.9 Å². The number of hydrogen-bond donors (Lipinski definition) is 1. The summed E-state index contributed by atoms with van der Waals surface area (Å²) in [4.78, 5) is 14.4. The van der Waals surface area contributed by atoms with Gasteiger partial charge in [-0.1, -0.05) is 6.07 Å². The molecule has 0 fully saturated rings. The predicted octanol–water partition coefficient (Wildman–Crippen LogP) is 5.28. The van der Waals surface area contributed by atoms with Gasteiger partial charge in [-0.3, -0.25) is 4.98 Å². The molecule has 0 spiro atoms. The van der Waals surface area contributed by atoms with Crippen molar-refractivity contribution in [3.05, 3.63) is 78.3 Å². The topological polar surface area (TPSA) is 72.9 Å². The SMILES string of the molecule is COc1cc(OCc2cccnc2C(F)(F)F)ccc1-c1cnc(-c2ccc(F)nc2)[nH]1. The molecule has 4 aromatic rings. The third kappa shape index (κ3) is 4.53. The van der Waals surface area contributed by atoms with E-state index in [9.17, 15) is 17.6 Å². The first-order chi connectivity index (χ1) is 15.3. The zero-order valence-electron chi connectivity index (χ0n) is 16.7. The number of pyridine rings is 2. The van der Waals surface area contributed by atoms with Crippen molar-refractivity contribution in [3.8, 4) is 34.1 Å². The Hall–Kier alpha value is -3.95. The monoisotopic (exact) mass is 444 g/mol. The fraction of sp³-hybridized carbons (Fsp3) is 0.136. The first kappa shape index (κ1) is 21.3. The van der Waals surface area contributed by atoms with Gasteiger partial charge < -0.3 is 14.5 Å².